The number of anilines is 1. The van der Waals surface area contributed by atoms with Crippen molar-refractivity contribution in [3.8, 4) is 11.3 Å². The zero-order valence-electron chi connectivity index (χ0n) is 11.5. The van der Waals surface area contributed by atoms with Crippen LogP contribution in [0.2, 0.25) is 0 Å². The fourth-order valence-electron chi connectivity index (χ4n) is 2.21. The number of aromatic nitrogens is 1. The molecule has 0 atom stereocenters. The molecule has 0 radical (unpaired) electrons. The lowest BCUT2D eigenvalue weighted by Gasteiger charge is -2.26. The molecule has 0 spiro atoms. The zero-order valence-corrected chi connectivity index (χ0v) is 14.7. The highest BCUT2D eigenvalue weighted by atomic mass is 79.9. The molecule has 6 nitrogen and oxygen atoms in total. The molecule has 0 unspecified atom stereocenters. The number of ether oxygens (including phenoxy) is 1. The van der Waals surface area contributed by atoms with Crippen LogP contribution < -0.4 is 5.73 Å². The van der Waals surface area contributed by atoms with Gasteiger partial charge in [-0.2, -0.15) is 4.31 Å². The van der Waals surface area contributed by atoms with Gasteiger partial charge in [0.1, 0.15) is 0 Å². The van der Waals surface area contributed by atoms with E-state index in [0.29, 0.717) is 41.6 Å². The molecule has 22 heavy (non-hydrogen) atoms. The summed E-state index contributed by atoms with van der Waals surface area (Å²) < 4.78 is 32.8. The Labute approximate surface area is 141 Å². The molecule has 118 valence electrons. The fourth-order valence-corrected chi connectivity index (χ4v) is 5.14. The summed E-state index contributed by atoms with van der Waals surface area (Å²) in [4.78, 5) is 4.43. The van der Waals surface area contributed by atoms with Crippen LogP contribution in [0, 0.1) is 0 Å². The van der Waals surface area contributed by atoms with E-state index in [1.807, 2.05) is 11.4 Å². The van der Waals surface area contributed by atoms with Gasteiger partial charge in [0.25, 0.3) is 0 Å². The average Bonchev–Trinajstić information content (AvgIpc) is 2.95. The van der Waals surface area contributed by atoms with E-state index in [-0.39, 0.29) is 4.90 Å². The summed E-state index contributed by atoms with van der Waals surface area (Å²) in [6.07, 6.45) is 0. The molecule has 1 aromatic heterocycles. The number of sulfonamides is 1. The Hall–Kier alpha value is -1.00. The van der Waals surface area contributed by atoms with Crippen molar-refractivity contribution in [2.45, 2.75) is 4.90 Å². The van der Waals surface area contributed by atoms with Gasteiger partial charge in [-0.1, -0.05) is 6.07 Å². The van der Waals surface area contributed by atoms with Gasteiger partial charge in [0, 0.05) is 28.5 Å². The van der Waals surface area contributed by atoms with Gasteiger partial charge in [0.05, 0.1) is 23.8 Å². The molecule has 2 heterocycles. The summed E-state index contributed by atoms with van der Waals surface area (Å²) in [6, 6.07) is 5.17. The number of nitrogens with two attached hydrogens (primary N) is 1. The molecule has 0 aliphatic carbocycles. The van der Waals surface area contributed by atoms with Crippen LogP contribution in [0.25, 0.3) is 11.3 Å². The molecule has 1 saturated heterocycles. The van der Waals surface area contributed by atoms with E-state index in [1.165, 1.54) is 15.6 Å². The van der Waals surface area contributed by atoms with Crippen LogP contribution in [-0.4, -0.2) is 44.0 Å². The summed E-state index contributed by atoms with van der Waals surface area (Å²) in [5, 5.41) is 2.26. The summed E-state index contributed by atoms with van der Waals surface area (Å²) in [7, 11) is -3.57. The number of rotatable bonds is 3. The van der Waals surface area contributed by atoms with E-state index in [1.54, 1.807) is 12.1 Å². The monoisotopic (exact) mass is 403 g/mol. The van der Waals surface area contributed by atoms with E-state index in [4.69, 9.17) is 10.5 Å². The average molecular weight is 404 g/mol. The predicted molar refractivity (Wildman–Crippen MR) is 89.2 cm³/mol. The second-order valence-electron chi connectivity index (χ2n) is 4.73. The second-order valence-corrected chi connectivity index (χ2v) is 8.38. The number of hydrogen-bond donors (Lipinski definition) is 1. The first kappa shape index (κ1) is 15.9. The largest absolute Gasteiger partial charge is 0.379 e. The molecule has 0 bridgehead atoms. The third-order valence-corrected chi connectivity index (χ3v) is 6.90. The van der Waals surface area contributed by atoms with Gasteiger partial charge in [0.2, 0.25) is 10.0 Å². The molecule has 0 amide bonds. The molecule has 1 aromatic carbocycles. The maximum atomic E-state index is 12.8. The number of nitrogen functional groups attached to an aromatic ring is 1. The fraction of sp³-hybridized carbons (Fsp3) is 0.308. The highest BCUT2D eigenvalue weighted by Crippen LogP contribution is 2.31. The van der Waals surface area contributed by atoms with Gasteiger partial charge in [-0.25, -0.2) is 13.4 Å². The minimum Gasteiger partial charge on any atom is -0.379 e. The van der Waals surface area contributed by atoms with E-state index >= 15 is 0 Å². The van der Waals surface area contributed by atoms with Crippen LogP contribution in [0.5, 0.6) is 0 Å². The Balaban J connectivity index is 2.02. The van der Waals surface area contributed by atoms with Crippen molar-refractivity contribution in [2.24, 2.45) is 0 Å². The molecular formula is C13H14BrN3O3S2. The van der Waals surface area contributed by atoms with Crippen LogP contribution >= 0.6 is 27.3 Å². The van der Waals surface area contributed by atoms with Crippen molar-refractivity contribution in [3.05, 3.63) is 28.1 Å². The minimum absolute atomic E-state index is 0.235. The van der Waals surface area contributed by atoms with Gasteiger partial charge < -0.3 is 10.5 Å². The van der Waals surface area contributed by atoms with Gasteiger partial charge in [-0.3, -0.25) is 0 Å². The van der Waals surface area contributed by atoms with Crippen molar-refractivity contribution in [1.82, 2.24) is 9.29 Å². The summed E-state index contributed by atoms with van der Waals surface area (Å²) >= 11 is 4.65. The lowest BCUT2D eigenvalue weighted by molar-refractivity contribution is 0.0730. The Bertz CT molecular complexity index is 786. The Morgan fingerprint density at radius 3 is 2.68 bits per heavy atom. The highest BCUT2D eigenvalue weighted by molar-refractivity contribution is 9.10. The third-order valence-electron chi connectivity index (χ3n) is 3.34. The smallest absolute Gasteiger partial charge is 0.244 e. The van der Waals surface area contributed by atoms with Crippen molar-refractivity contribution >= 4 is 42.4 Å². The van der Waals surface area contributed by atoms with Crippen molar-refractivity contribution in [2.75, 3.05) is 32.0 Å². The van der Waals surface area contributed by atoms with Crippen molar-refractivity contribution in [1.29, 1.82) is 0 Å². The number of hydrogen-bond acceptors (Lipinski definition) is 6. The van der Waals surface area contributed by atoms with Crippen LogP contribution in [0.3, 0.4) is 0 Å². The van der Waals surface area contributed by atoms with Crippen LogP contribution in [0.15, 0.2) is 32.9 Å². The molecular weight excluding hydrogens is 390 g/mol. The molecule has 2 N–H and O–H groups in total. The molecule has 1 aliphatic rings. The van der Waals surface area contributed by atoms with Crippen molar-refractivity contribution in [3.63, 3.8) is 0 Å². The molecule has 1 fully saturated rings. The minimum atomic E-state index is -3.57. The van der Waals surface area contributed by atoms with E-state index in [2.05, 4.69) is 20.9 Å². The standard InChI is InChI=1S/C13H14BrN3O3S2/c14-10-2-1-9(11-8-21-13(15)16-11)7-12(10)22(18,19)17-3-5-20-6-4-17/h1-2,7-8H,3-6H2,(H2,15,16). The van der Waals surface area contributed by atoms with Crippen LogP contribution in [0.4, 0.5) is 5.13 Å². The second kappa shape index (κ2) is 6.25. The van der Waals surface area contributed by atoms with Gasteiger partial charge in [-0.15, -0.1) is 11.3 Å². The number of nitrogens with zero attached hydrogens (tertiary/aromatic N) is 2. The first-order chi connectivity index (χ1) is 10.5. The Kier molecular flexibility index (Phi) is 4.51. The number of halogens is 1. The maximum Gasteiger partial charge on any atom is 0.244 e. The zero-order chi connectivity index (χ0) is 15.7. The van der Waals surface area contributed by atoms with Gasteiger partial charge >= 0.3 is 0 Å². The molecule has 0 saturated carbocycles. The number of thiazole rings is 1. The quantitative estimate of drug-likeness (QED) is 0.848. The SMILES string of the molecule is Nc1nc(-c2ccc(Br)c(S(=O)(=O)N3CCOCC3)c2)cs1. The van der Waals surface area contributed by atoms with Gasteiger partial charge in [-0.05, 0) is 28.1 Å². The third kappa shape index (κ3) is 3.04. The topological polar surface area (TPSA) is 85.5 Å². The van der Waals surface area contributed by atoms with E-state index < -0.39 is 10.0 Å². The highest BCUT2D eigenvalue weighted by Gasteiger charge is 2.28. The Morgan fingerprint density at radius 1 is 1.32 bits per heavy atom. The Morgan fingerprint density at radius 2 is 2.05 bits per heavy atom. The number of morpholine rings is 1. The van der Waals surface area contributed by atoms with Crippen molar-refractivity contribution < 1.29 is 13.2 Å². The first-order valence-corrected chi connectivity index (χ1v) is 9.68. The number of benzene rings is 1. The molecule has 3 rings (SSSR count). The normalized spacial score (nSPS) is 16.8. The van der Waals surface area contributed by atoms with Crippen LogP contribution in [-0.2, 0) is 14.8 Å². The van der Waals surface area contributed by atoms with Crippen LogP contribution in [0.1, 0.15) is 0 Å². The van der Waals surface area contributed by atoms with Gasteiger partial charge in [0.15, 0.2) is 5.13 Å². The lowest BCUT2D eigenvalue weighted by Crippen LogP contribution is -2.40. The summed E-state index contributed by atoms with van der Waals surface area (Å²) in [5.41, 5.74) is 7.04. The maximum absolute atomic E-state index is 12.8. The van der Waals surface area contributed by atoms with E-state index in [9.17, 15) is 8.42 Å². The summed E-state index contributed by atoms with van der Waals surface area (Å²) in [5.74, 6) is 0. The first-order valence-electron chi connectivity index (χ1n) is 6.57. The molecule has 9 heteroatoms. The molecule has 2 aromatic rings. The predicted octanol–water partition coefficient (Wildman–Crippen LogP) is 2.18. The summed E-state index contributed by atoms with van der Waals surface area (Å²) in [6.45, 7) is 1.56. The molecule has 1 aliphatic heterocycles. The lowest BCUT2D eigenvalue weighted by atomic mass is 10.2. The van der Waals surface area contributed by atoms with E-state index in [0.717, 1.165) is 5.56 Å².